The van der Waals surface area contributed by atoms with Crippen molar-refractivity contribution in [3.63, 3.8) is 0 Å². The van der Waals surface area contributed by atoms with Crippen LogP contribution >= 0.6 is 0 Å². The maximum absolute atomic E-state index is 12.8. The van der Waals surface area contributed by atoms with Gasteiger partial charge in [-0.05, 0) is 61.5 Å². The largest absolute Gasteiger partial charge is 0.273 e. The second kappa shape index (κ2) is 4.60. The number of sulfonamides is 1. The Morgan fingerprint density at radius 2 is 1.91 bits per heavy atom. The van der Waals surface area contributed by atoms with Gasteiger partial charge in [0.25, 0.3) is 10.0 Å². The van der Waals surface area contributed by atoms with E-state index < -0.39 is 10.0 Å². The molecule has 118 valence electrons. The highest BCUT2D eigenvalue weighted by Gasteiger charge is 2.67. The molecular weight excluding hydrogens is 294 g/mol. The van der Waals surface area contributed by atoms with Crippen LogP contribution in [0.5, 0.6) is 0 Å². The first kappa shape index (κ1) is 14.3. The van der Waals surface area contributed by atoms with E-state index in [-0.39, 0.29) is 0 Å². The molecule has 4 rings (SSSR count). The predicted octanol–water partition coefficient (Wildman–Crippen LogP) is 3.57. The van der Waals surface area contributed by atoms with E-state index in [1.54, 1.807) is 16.4 Å². The third-order valence-corrected chi connectivity index (χ3v) is 7.69. The molecule has 2 aliphatic carbocycles. The fourth-order valence-corrected chi connectivity index (χ4v) is 5.76. The molecule has 0 bridgehead atoms. The topological polar surface area (TPSA) is 37.4 Å². The van der Waals surface area contributed by atoms with Crippen molar-refractivity contribution in [2.24, 2.45) is 23.2 Å². The molecule has 3 nitrogen and oxygen atoms in total. The van der Waals surface area contributed by atoms with Crippen LogP contribution < -0.4 is 0 Å². The molecule has 0 saturated heterocycles. The molecule has 0 amide bonds. The number of allylic oxidation sites excluding steroid dienone is 1. The van der Waals surface area contributed by atoms with Crippen molar-refractivity contribution < 1.29 is 8.42 Å². The van der Waals surface area contributed by atoms with Crippen molar-refractivity contribution >= 4 is 10.0 Å². The second-order valence-corrected chi connectivity index (χ2v) is 9.03. The van der Waals surface area contributed by atoms with Crippen molar-refractivity contribution in [1.29, 1.82) is 0 Å². The van der Waals surface area contributed by atoms with Gasteiger partial charge in [0.15, 0.2) is 0 Å². The number of rotatable bonds is 4. The molecule has 3 unspecified atom stereocenters. The van der Waals surface area contributed by atoms with Crippen LogP contribution in [-0.4, -0.2) is 19.3 Å². The molecule has 0 N–H and O–H groups in total. The molecule has 1 aliphatic heterocycles. The van der Waals surface area contributed by atoms with Crippen molar-refractivity contribution in [3.05, 3.63) is 42.1 Å². The standard InChI is InChI=1S/C18H23NO2S/c1-3-18-10-11-19(12-16(18)17(18)14-6-7-14)22(20,21)15-8-4-13(2)5-9-15/h4-5,8-11,14,16-17H,3,6-7,12H2,1-2H3. The van der Waals surface area contributed by atoms with Gasteiger partial charge in [-0.1, -0.05) is 30.7 Å². The predicted molar refractivity (Wildman–Crippen MR) is 86.6 cm³/mol. The Morgan fingerprint density at radius 3 is 2.50 bits per heavy atom. The van der Waals surface area contributed by atoms with Crippen molar-refractivity contribution in [2.75, 3.05) is 6.54 Å². The smallest absolute Gasteiger partial charge is 0.263 e. The van der Waals surface area contributed by atoms with Crippen LogP contribution in [-0.2, 0) is 10.0 Å². The maximum atomic E-state index is 12.8. The van der Waals surface area contributed by atoms with Gasteiger partial charge < -0.3 is 0 Å². The maximum Gasteiger partial charge on any atom is 0.263 e. The van der Waals surface area contributed by atoms with Gasteiger partial charge in [0, 0.05) is 12.7 Å². The van der Waals surface area contributed by atoms with E-state index in [9.17, 15) is 8.42 Å². The lowest BCUT2D eigenvalue weighted by atomic mass is 9.96. The van der Waals surface area contributed by atoms with E-state index in [4.69, 9.17) is 0 Å². The monoisotopic (exact) mass is 317 g/mol. The molecule has 1 aromatic carbocycles. The van der Waals surface area contributed by atoms with Gasteiger partial charge in [-0.3, -0.25) is 4.31 Å². The highest BCUT2D eigenvalue weighted by molar-refractivity contribution is 7.89. The molecule has 4 heteroatoms. The Balaban J connectivity index is 1.61. The minimum atomic E-state index is -3.40. The van der Waals surface area contributed by atoms with Crippen LogP contribution in [0.4, 0.5) is 0 Å². The fourth-order valence-electron chi connectivity index (χ4n) is 4.43. The lowest BCUT2D eigenvalue weighted by molar-refractivity contribution is 0.412. The van der Waals surface area contributed by atoms with Gasteiger partial charge in [-0.15, -0.1) is 0 Å². The molecule has 2 saturated carbocycles. The van der Waals surface area contributed by atoms with E-state index in [0.29, 0.717) is 28.7 Å². The van der Waals surface area contributed by atoms with Crippen molar-refractivity contribution in [2.45, 2.75) is 38.0 Å². The summed E-state index contributed by atoms with van der Waals surface area (Å²) in [5.41, 5.74) is 1.37. The Labute approximate surface area is 133 Å². The molecule has 1 aromatic rings. The number of hydrogen-bond donors (Lipinski definition) is 0. The SMILES string of the molecule is CCC12C=CN(S(=O)(=O)c3ccc(C)cc3)CC1C2C1CC1. The van der Waals surface area contributed by atoms with Crippen LogP contribution in [0.3, 0.4) is 0 Å². The summed E-state index contributed by atoms with van der Waals surface area (Å²) in [7, 11) is -3.40. The van der Waals surface area contributed by atoms with Crippen LogP contribution in [0.15, 0.2) is 41.4 Å². The molecule has 3 aliphatic rings. The van der Waals surface area contributed by atoms with E-state index in [1.165, 1.54) is 12.8 Å². The van der Waals surface area contributed by atoms with Crippen molar-refractivity contribution in [3.8, 4) is 0 Å². The van der Waals surface area contributed by atoms with Crippen LogP contribution in [0.2, 0.25) is 0 Å². The number of nitrogens with zero attached hydrogens (tertiary/aromatic N) is 1. The number of fused-ring (bicyclic) bond motifs is 1. The second-order valence-electron chi connectivity index (χ2n) is 7.14. The van der Waals surface area contributed by atoms with Gasteiger partial charge in [-0.25, -0.2) is 8.42 Å². The quantitative estimate of drug-likeness (QED) is 0.851. The van der Waals surface area contributed by atoms with Crippen LogP contribution in [0.25, 0.3) is 0 Å². The third-order valence-electron chi connectivity index (χ3n) is 5.93. The van der Waals surface area contributed by atoms with Gasteiger partial charge >= 0.3 is 0 Å². The summed E-state index contributed by atoms with van der Waals surface area (Å²) < 4.78 is 27.2. The molecule has 0 spiro atoms. The zero-order valence-corrected chi connectivity index (χ0v) is 14.0. The lowest BCUT2D eigenvalue weighted by Gasteiger charge is -2.26. The molecule has 3 atom stereocenters. The first-order valence-corrected chi connectivity index (χ1v) is 9.71. The Kier molecular flexibility index (Phi) is 3.00. The van der Waals surface area contributed by atoms with E-state index in [2.05, 4.69) is 13.0 Å². The van der Waals surface area contributed by atoms with Gasteiger partial charge in [-0.2, -0.15) is 0 Å². The van der Waals surface area contributed by atoms with E-state index in [1.807, 2.05) is 25.3 Å². The lowest BCUT2D eigenvalue weighted by Crippen LogP contribution is -2.31. The Hall–Kier alpha value is -1.29. The average Bonchev–Trinajstić information content (AvgIpc) is 3.40. The van der Waals surface area contributed by atoms with Crippen molar-refractivity contribution in [1.82, 2.24) is 4.31 Å². The summed E-state index contributed by atoms with van der Waals surface area (Å²) in [6, 6.07) is 7.15. The first-order valence-electron chi connectivity index (χ1n) is 8.27. The first-order chi connectivity index (χ1) is 10.5. The summed E-state index contributed by atoms with van der Waals surface area (Å²) in [5, 5.41) is 0. The van der Waals surface area contributed by atoms with Gasteiger partial charge in [0.1, 0.15) is 0 Å². The minimum Gasteiger partial charge on any atom is -0.273 e. The summed E-state index contributed by atoms with van der Waals surface area (Å²) in [5.74, 6) is 2.08. The summed E-state index contributed by atoms with van der Waals surface area (Å²) >= 11 is 0. The Bertz CT molecular complexity index is 718. The van der Waals surface area contributed by atoms with Crippen LogP contribution in [0.1, 0.15) is 31.7 Å². The zero-order valence-electron chi connectivity index (χ0n) is 13.2. The van der Waals surface area contributed by atoms with E-state index >= 15 is 0 Å². The summed E-state index contributed by atoms with van der Waals surface area (Å²) in [6.45, 7) is 4.86. The molecule has 1 heterocycles. The highest BCUT2D eigenvalue weighted by atomic mass is 32.2. The molecule has 2 fully saturated rings. The number of hydrogen-bond acceptors (Lipinski definition) is 2. The summed E-state index contributed by atoms with van der Waals surface area (Å²) in [6.07, 6.45) is 7.82. The van der Waals surface area contributed by atoms with Crippen LogP contribution in [0, 0.1) is 30.1 Å². The molecule has 0 radical (unpaired) electrons. The molecular formula is C18H23NO2S. The van der Waals surface area contributed by atoms with Gasteiger partial charge in [0.2, 0.25) is 0 Å². The number of aryl methyl sites for hydroxylation is 1. The number of benzene rings is 1. The minimum absolute atomic E-state index is 0.292. The Morgan fingerprint density at radius 1 is 1.23 bits per heavy atom. The molecule has 22 heavy (non-hydrogen) atoms. The van der Waals surface area contributed by atoms with Gasteiger partial charge in [0.05, 0.1) is 4.90 Å². The summed E-state index contributed by atoms with van der Waals surface area (Å²) in [4.78, 5) is 0.398. The zero-order chi connectivity index (χ0) is 15.5. The highest BCUT2D eigenvalue weighted by Crippen LogP contribution is 2.71. The molecule has 0 aromatic heterocycles. The van der Waals surface area contributed by atoms with E-state index in [0.717, 1.165) is 17.9 Å². The fraction of sp³-hybridized carbons (Fsp3) is 0.556. The average molecular weight is 317 g/mol. The normalized spacial score (nSPS) is 33.6. The third kappa shape index (κ3) is 1.96.